The summed E-state index contributed by atoms with van der Waals surface area (Å²) in [6.07, 6.45) is 0. The topological polar surface area (TPSA) is 23.1 Å². The lowest BCUT2D eigenvalue weighted by molar-refractivity contribution is -0.207. The Bertz CT molecular complexity index is 836. The van der Waals surface area contributed by atoms with E-state index in [9.17, 15) is 5.11 Å². The summed E-state index contributed by atoms with van der Waals surface area (Å²) in [7, 11) is 0.636. The Balaban J connectivity index is 2.10. The molecule has 0 atom stereocenters. The molecule has 0 unspecified atom stereocenters. The van der Waals surface area contributed by atoms with Crippen LogP contribution in [0.15, 0.2) is 72.8 Å². The van der Waals surface area contributed by atoms with Crippen LogP contribution in [-0.2, 0) is 0 Å². The molecule has 1 nitrogen and oxygen atoms in total. The predicted molar refractivity (Wildman–Crippen MR) is 98.7 cm³/mol. The first-order chi connectivity index (χ1) is 11.2. The van der Waals surface area contributed by atoms with Gasteiger partial charge in [-0.2, -0.15) is 0 Å². The third kappa shape index (κ3) is 3.54. The van der Waals surface area contributed by atoms with Crippen molar-refractivity contribution in [3.63, 3.8) is 0 Å². The molecular weight excluding hydrogens is 323 g/mol. The van der Waals surface area contributed by atoms with Crippen LogP contribution in [0, 0.1) is 6.92 Å². The van der Waals surface area contributed by atoms with Crippen molar-refractivity contribution < 1.29 is 5.11 Å². The van der Waals surface area contributed by atoms with E-state index >= 15 is 0 Å². The Morgan fingerprint density at radius 2 is 1.57 bits per heavy atom. The summed E-state index contributed by atoms with van der Waals surface area (Å²) in [6.45, 7) is 1.91. The molecule has 0 aromatic heterocycles. The summed E-state index contributed by atoms with van der Waals surface area (Å²) >= 11 is 6.22. The molecule has 3 aromatic carbocycles. The van der Waals surface area contributed by atoms with Gasteiger partial charge in [0.2, 0.25) is 0 Å². The van der Waals surface area contributed by atoms with Gasteiger partial charge in [0.05, 0.1) is 0 Å². The summed E-state index contributed by atoms with van der Waals surface area (Å²) in [5, 5.41) is 14.2. The van der Waals surface area contributed by atoms with Gasteiger partial charge in [0.25, 0.3) is 0 Å². The number of rotatable bonds is 3. The molecule has 0 aliphatic carbocycles. The second kappa shape index (κ2) is 7.10. The highest BCUT2D eigenvalue weighted by atomic mass is 35.5. The normalized spacial score (nSPS) is 11.5. The number of aryl methyl sites for hydroxylation is 1. The molecule has 3 aromatic rings. The van der Waals surface area contributed by atoms with Crippen molar-refractivity contribution in [2.45, 2.75) is 6.92 Å². The van der Waals surface area contributed by atoms with Crippen LogP contribution >= 0.6 is 19.8 Å². The van der Waals surface area contributed by atoms with Crippen molar-refractivity contribution in [3.05, 3.63) is 88.9 Å². The van der Waals surface area contributed by atoms with Crippen molar-refractivity contribution in [2.24, 2.45) is 0 Å². The first kappa shape index (κ1) is 16.0. The first-order valence-corrected chi connectivity index (χ1v) is 8.59. The lowest BCUT2D eigenvalue weighted by Crippen LogP contribution is -2.19. The van der Waals surface area contributed by atoms with Gasteiger partial charge in [-0.1, -0.05) is 80.5 Å². The second-order valence-electron chi connectivity index (χ2n) is 5.23. The van der Waals surface area contributed by atoms with E-state index in [2.05, 4.69) is 12.1 Å². The van der Waals surface area contributed by atoms with Gasteiger partial charge in [-0.3, -0.25) is 0 Å². The minimum Gasteiger partial charge on any atom is -0.823 e. The van der Waals surface area contributed by atoms with Crippen molar-refractivity contribution in [1.29, 1.82) is 0 Å². The van der Waals surface area contributed by atoms with Crippen molar-refractivity contribution >= 4 is 30.6 Å². The highest BCUT2D eigenvalue weighted by molar-refractivity contribution is 7.49. The smallest absolute Gasteiger partial charge is 0.0474 e. The number of halogens is 1. The molecule has 3 heteroatoms. The molecule has 0 amide bonds. The van der Waals surface area contributed by atoms with Crippen LogP contribution in [0.2, 0.25) is 5.02 Å². The van der Waals surface area contributed by atoms with Gasteiger partial charge < -0.3 is 5.11 Å². The van der Waals surface area contributed by atoms with Crippen LogP contribution in [-0.4, -0.2) is 5.48 Å². The molecule has 0 spiro atoms. The zero-order valence-corrected chi connectivity index (χ0v) is 14.3. The van der Waals surface area contributed by atoms with Crippen LogP contribution < -0.4 is 10.4 Å². The third-order valence-electron chi connectivity index (χ3n) is 3.65. The maximum Gasteiger partial charge on any atom is 0.0474 e. The minimum absolute atomic E-state index is 0.0245. The zero-order chi connectivity index (χ0) is 16.2. The average molecular weight is 338 g/mol. The van der Waals surface area contributed by atoms with Crippen LogP contribution in [0.5, 0.6) is 0 Å². The van der Waals surface area contributed by atoms with Crippen LogP contribution in [0.25, 0.3) is 11.1 Å². The summed E-state index contributed by atoms with van der Waals surface area (Å²) in [4.78, 5) is 0. The maximum absolute atomic E-state index is 12.7. The van der Waals surface area contributed by atoms with Crippen LogP contribution in [0.4, 0.5) is 0 Å². The molecule has 23 heavy (non-hydrogen) atoms. The monoisotopic (exact) mass is 337 g/mol. The summed E-state index contributed by atoms with van der Waals surface area (Å²) in [5.74, 6) is 0. The number of benzene rings is 3. The Morgan fingerprint density at radius 3 is 2.30 bits per heavy atom. The number of hydrogen-bond donors (Lipinski definition) is 0. The highest BCUT2D eigenvalue weighted by Crippen LogP contribution is 2.24. The van der Waals surface area contributed by atoms with Crippen LogP contribution in [0.1, 0.15) is 11.1 Å². The zero-order valence-electron chi connectivity index (χ0n) is 12.7. The molecule has 0 saturated carbocycles. The van der Waals surface area contributed by atoms with Gasteiger partial charge in [0, 0.05) is 10.3 Å². The van der Waals surface area contributed by atoms with Crippen molar-refractivity contribution in [3.8, 4) is 11.1 Å². The molecule has 0 saturated heterocycles. The number of hydrogen-bond acceptors (Lipinski definition) is 1. The van der Waals surface area contributed by atoms with E-state index in [1.807, 2.05) is 61.5 Å². The van der Waals surface area contributed by atoms with Gasteiger partial charge in [0.15, 0.2) is 0 Å². The van der Waals surface area contributed by atoms with E-state index in [-0.39, 0.29) is 5.48 Å². The van der Waals surface area contributed by atoms with E-state index in [0.29, 0.717) is 18.8 Å². The third-order valence-corrected chi connectivity index (χ3v) is 5.02. The molecule has 0 aliphatic heterocycles. The molecule has 0 radical (unpaired) electrons. The quantitative estimate of drug-likeness (QED) is 0.649. The first-order valence-electron chi connectivity index (χ1n) is 7.32. The Labute approximate surface area is 143 Å². The van der Waals surface area contributed by atoms with E-state index in [0.717, 1.165) is 22.0 Å². The molecule has 114 valence electrons. The van der Waals surface area contributed by atoms with Crippen molar-refractivity contribution in [1.82, 2.24) is 0 Å². The summed E-state index contributed by atoms with van der Waals surface area (Å²) in [6, 6.07) is 23.6. The molecule has 3 rings (SSSR count). The van der Waals surface area contributed by atoms with Crippen LogP contribution in [0.3, 0.4) is 0 Å². The Morgan fingerprint density at radius 1 is 0.870 bits per heavy atom. The van der Waals surface area contributed by atoms with E-state index in [1.165, 1.54) is 0 Å². The molecule has 0 N–H and O–H groups in total. The maximum atomic E-state index is 12.7. The molecular formula is C20H15ClOP-. The second-order valence-corrected chi connectivity index (χ2v) is 6.75. The fourth-order valence-corrected chi connectivity index (χ4v) is 3.99. The lowest BCUT2D eigenvalue weighted by Gasteiger charge is -2.17. The lowest BCUT2D eigenvalue weighted by atomic mass is 10.1. The van der Waals surface area contributed by atoms with Crippen molar-refractivity contribution in [2.75, 3.05) is 0 Å². The van der Waals surface area contributed by atoms with E-state index < -0.39 is 0 Å². The molecule has 0 heterocycles. The van der Waals surface area contributed by atoms with E-state index in [1.54, 1.807) is 6.07 Å². The summed E-state index contributed by atoms with van der Waals surface area (Å²) in [5.41, 5.74) is 3.73. The predicted octanol–water partition coefficient (Wildman–Crippen LogP) is 4.43. The van der Waals surface area contributed by atoms with E-state index in [4.69, 9.17) is 11.6 Å². The minimum atomic E-state index is 0.0245. The largest absolute Gasteiger partial charge is 0.823 e. The molecule has 0 bridgehead atoms. The highest BCUT2D eigenvalue weighted by Gasteiger charge is 2.05. The fourth-order valence-electron chi connectivity index (χ4n) is 2.50. The Hall–Kier alpha value is -1.92. The fraction of sp³-hybridized carbons (Fsp3) is 0.0500. The van der Waals surface area contributed by atoms with Gasteiger partial charge in [-0.05, 0) is 41.3 Å². The van der Waals surface area contributed by atoms with Gasteiger partial charge in [-0.25, -0.2) is 0 Å². The average Bonchev–Trinajstić information content (AvgIpc) is 2.56. The van der Waals surface area contributed by atoms with Gasteiger partial charge in [0.1, 0.15) is 0 Å². The SMILES string of the molecule is Cc1cccc(Cl)c1C([O-])=Pc1ccccc1-c1ccccc1. The Kier molecular flexibility index (Phi) is 4.93. The summed E-state index contributed by atoms with van der Waals surface area (Å²) < 4.78 is 0. The van der Waals surface area contributed by atoms with Gasteiger partial charge in [-0.15, -0.1) is 5.48 Å². The molecule has 0 aliphatic rings. The van der Waals surface area contributed by atoms with Gasteiger partial charge >= 0.3 is 0 Å². The standard InChI is InChI=1S/C20H16ClOP/c1-14-8-7-12-17(21)19(14)20(22)23-18-13-6-5-11-16(18)15-9-3-2-4-10-15/h2-13,22H,1H3/p-1. The molecule has 0 fully saturated rings.